The van der Waals surface area contributed by atoms with Gasteiger partial charge < -0.3 is 28.8 Å². The van der Waals surface area contributed by atoms with E-state index < -0.39 is 42.8 Å². The van der Waals surface area contributed by atoms with Crippen LogP contribution in [0.1, 0.15) is 51.9 Å². The van der Waals surface area contributed by atoms with Crippen LogP contribution in [-0.4, -0.2) is 48.7 Å². The zero-order valence-electron chi connectivity index (χ0n) is 23.7. The molecule has 2 heterocycles. The summed E-state index contributed by atoms with van der Waals surface area (Å²) in [7, 11) is 0. The first-order chi connectivity index (χ1) is 21.0. The number of rotatable bonds is 8. The van der Waals surface area contributed by atoms with Gasteiger partial charge in [-0.2, -0.15) is 0 Å². The minimum atomic E-state index is -1.22. The fourth-order valence-corrected chi connectivity index (χ4v) is 5.73. The first-order valence-corrected chi connectivity index (χ1v) is 14.8. The average molecular weight is 601 g/mol. The molecule has 2 aliphatic heterocycles. The lowest BCUT2D eigenvalue weighted by atomic mass is 9.89. The lowest BCUT2D eigenvalue weighted by molar-refractivity contribution is -0.329. The number of benzene rings is 4. The SMILES string of the molecule is CCOc1ccc(Cc2cc(C3OC4COC(c5ccccc5)OC4C(OC(=O)c4ccccc4)C3O)ccc2Cl)cc1. The third-order valence-electron chi connectivity index (χ3n) is 7.70. The lowest BCUT2D eigenvalue weighted by Crippen LogP contribution is -2.60. The molecular formula is C35H33ClO7. The highest BCUT2D eigenvalue weighted by molar-refractivity contribution is 6.31. The second-order valence-electron chi connectivity index (χ2n) is 10.6. The number of carbonyl (C=O) groups excluding carboxylic acids is 1. The minimum Gasteiger partial charge on any atom is -0.494 e. The molecule has 6 rings (SSSR count). The zero-order valence-corrected chi connectivity index (χ0v) is 24.4. The fraction of sp³-hybridized carbons (Fsp3) is 0.286. The number of carbonyl (C=O) groups is 1. The molecule has 2 aliphatic rings. The third-order valence-corrected chi connectivity index (χ3v) is 8.07. The Bertz CT molecular complexity index is 1510. The summed E-state index contributed by atoms with van der Waals surface area (Å²) in [5.41, 5.74) is 3.84. The Balaban J connectivity index is 1.27. The monoisotopic (exact) mass is 600 g/mol. The Kier molecular flexibility index (Phi) is 9.07. The summed E-state index contributed by atoms with van der Waals surface area (Å²) < 4.78 is 30.3. The highest BCUT2D eigenvalue weighted by Crippen LogP contribution is 2.41. The number of esters is 1. The molecule has 8 heteroatoms. The number of halogens is 1. The van der Waals surface area contributed by atoms with E-state index in [9.17, 15) is 9.90 Å². The summed E-state index contributed by atoms with van der Waals surface area (Å²) in [5.74, 6) is 0.254. The van der Waals surface area contributed by atoms with Crippen molar-refractivity contribution >= 4 is 17.6 Å². The number of hydrogen-bond donors (Lipinski definition) is 1. The van der Waals surface area contributed by atoms with Gasteiger partial charge in [0.05, 0.1) is 18.8 Å². The predicted molar refractivity (Wildman–Crippen MR) is 161 cm³/mol. The van der Waals surface area contributed by atoms with Crippen LogP contribution in [0.5, 0.6) is 5.75 Å². The van der Waals surface area contributed by atoms with Gasteiger partial charge in [-0.1, -0.05) is 84.4 Å². The van der Waals surface area contributed by atoms with Gasteiger partial charge in [0.15, 0.2) is 12.4 Å². The van der Waals surface area contributed by atoms with E-state index in [2.05, 4.69) is 0 Å². The Morgan fingerprint density at radius 1 is 0.907 bits per heavy atom. The number of aliphatic hydroxyl groups is 1. The van der Waals surface area contributed by atoms with Crippen molar-refractivity contribution in [2.24, 2.45) is 0 Å². The number of aliphatic hydroxyl groups excluding tert-OH is 1. The second-order valence-corrected chi connectivity index (χ2v) is 11.0. The third kappa shape index (κ3) is 6.61. The maximum absolute atomic E-state index is 13.2. The molecule has 2 fully saturated rings. The van der Waals surface area contributed by atoms with E-state index in [0.717, 1.165) is 22.4 Å². The van der Waals surface area contributed by atoms with E-state index in [1.165, 1.54) is 0 Å². The molecule has 0 bridgehead atoms. The van der Waals surface area contributed by atoms with Crippen LogP contribution < -0.4 is 4.74 Å². The largest absolute Gasteiger partial charge is 0.494 e. The molecule has 1 N–H and O–H groups in total. The molecular weight excluding hydrogens is 568 g/mol. The number of fused-ring (bicyclic) bond motifs is 1. The molecule has 0 spiro atoms. The molecule has 4 aromatic carbocycles. The highest BCUT2D eigenvalue weighted by Gasteiger charge is 2.52. The molecule has 0 amide bonds. The maximum Gasteiger partial charge on any atom is 0.338 e. The molecule has 6 atom stereocenters. The lowest BCUT2D eigenvalue weighted by Gasteiger charge is -2.47. The van der Waals surface area contributed by atoms with Gasteiger partial charge in [0.2, 0.25) is 0 Å². The fourth-order valence-electron chi connectivity index (χ4n) is 5.55. The molecule has 43 heavy (non-hydrogen) atoms. The highest BCUT2D eigenvalue weighted by atomic mass is 35.5. The summed E-state index contributed by atoms with van der Waals surface area (Å²) in [6, 6.07) is 31.6. The van der Waals surface area contributed by atoms with Crippen molar-refractivity contribution in [3.63, 3.8) is 0 Å². The molecule has 0 aliphatic carbocycles. The average Bonchev–Trinajstić information content (AvgIpc) is 3.05. The Labute approximate surface area is 255 Å². The van der Waals surface area contributed by atoms with Crippen LogP contribution in [-0.2, 0) is 25.4 Å². The van der Waals surface area contributed by atoms with Crippen molar-refractivity contribution in [3.05, 3.63) is 136 Å². The van der Waals surface area contributed by atoms with Crippen molar-refractivity contribution < 1.29 is 33.6 Å². The van der Waals surface area contributed by atoms with Crippen molar-refractivity contribution in [1.82, 2.24) is 0 Å². The van der Waals surface area contributed by atoms with Crippen molar-refractivity contribution in [2.45, 2.75) is 50.2 Å². The molecule has 0 saturated carbocycles. The van der Waals surface area contributed by atoms with Gasteiger partial charge in [-0.3, -0.25) is 0 Å². The first kappa shape index (κ1) is 29.4. The molecule has 6 unspecified atom stereocenters. The Hall–Kier alpha value is -3.72. The van der Waals surface area contributed by atoms with E-state index in [4.69, 9.17) is 35.3 Å². The van der Waals surface area contributed by atoms with Gasteiger partial charge in [-0.15, -0.1) is 0 Å². The molecule has 0 aromatic heterocycles. The molecule has 2 saturated heterocycles. The van der Waals surface area contributed by atoms with E-state index in [1.54, 1.807) is 30.3 Å². The normalized spacial score (nSPS) is 25.0. The van der Waals surface area contributed by atoms with Crippen molar-refractivity contribution in [3.8, 4) is 5.75 Å². The van der Waals surface area contributed by atoms with Crippen LogP contribution in [0.3, 0.4) is 0 Å². The van der Waals surface area contributed by atoms with E-state index in [-0.39, 0.29) is 6.61 Å². The van der Waals surface area contributed by atoms with E-state index in [0.29, 0.717) is 29.2 Å². The van der Waals surface area contributed by atoms with E-state index >= 15 is 0 Å². The summed E-state index contributed by atoms with van der Waals surface area (Å²) >= 11 is 6.62. The topological polar surface area (TPSA) is 83.5 Å². The van der Waals surface area contributed by atoms with Crippen LogP contribution in [0.4, 0.5) is 0 Å². The van der Waals surface area contributed by atoms with Gasteiger partial charge in [-0.05, 0) is 60.4 Å². The second kappa shape index (κ2) is 13.3. The Morgan fingerprint density at radius 3 is 2.35 bits per heavy atom. The molecule has 7 nitrogen and oxygen atoms in total. The predicted octanol–water partition coefficient (Wildman–Crippen LogP) is 6.47. The van der Waals surface area contributed by atoms with Gasteiger partial charge in [-0.25, -0.2) is 4.79 Å². The summed E-state index contributed by atoms with van der Waals surface area (Å²) in [5, 5.41) is 12.3. The van der Waals surface area contributed by atoms with Gasteiger partial charge in [0, 0.05) is 10.6 Å². The smallest absolute Gasteiger partial charge is 0.338 e. The quantitative estimate of drug-likeness (QED) is 0.232. The van der Waals surface area contributed by atoms with Gasteiger partial charge in [0.1, 0.15) is 30.2 Å². The van der Waals surface area contributed by atoms with E-state index in [1.807, 2.05) is 79.7 Å². The maximum atomic E-state index is 13.2. The van der Waals surface area contributed by atoms with Crippen LogP contribution in [0.15, 0.2) is 103 Å². The molecule has 222 valence electrons. The van der Waals surface area contributed by atoms with Crippen molar-refractivity contribution in [1.29, 1.82) is 0 Å². The molecule has 4 aromatic rings. The van der Waals surface area contributed by atoms with Crippen LogP contribution in [0.2, 0.25) is 5.02 Å². The number of ether oxygens (including phenoxy) is 5. The standard InChI is InChI=1S/C35H33ClO7/c1-2-39-27-16-13-22(14-17-27)19-26-20-25(15-18-28(26)36)31-30(37)33(42-34(38)23-9-5-3-6-10-23)32-29(41-31)21-40-35(43-32)24-11-7-4-8-12-24/h3-18,20,29-33,35,37H,2,19,21H2,1H3. The van der Waals surface area contributed by atoms with Crippen LogP contribution in [0, 0.1) is 0 Å². The van der Waals surface area contributed by atoms with Crippen LogP contribution >= 0.6 is 11.6 Å². The first-order valence-electron chi connectivity index (χ1n) is 14.4. The summed E-state index contributed by atoms with van der Waals surface area (Å²) in [4.78, 5) is 13.2. The van der Waals surface area contributed by atoms with Gasteiger partial charge in [0.25, 0.3) is 0 Å². The molecule has 0 radical (unpaired) electrons. The Morgan fingerprint density at radius 2 is 1.63 bits per heavy atom. The van der Waals surface area contributed by atoms with Gasteiger partial charge >= 0.3 is 5.97 Å². The van der Waals surface area contributed by atoms with Crippen molar-refractivity contribution in [2.75, 3.05) is 13.2 Å². The summed E-state index contributed by atoms with van der Waals surface area (Å²) in [6.45, 7) is 2.74. The number of hydrogen-bond acceptors (Lipinski definition) is 7. The summed E-state index contributed by atoms with van der Waals surface area (Å²) in [6.07, 6.45) is -4.51. The minimum absolute atomic E-state index is 0.194. The van der Waals surface area contributed by atoms with Crippen LogP contribution in [0.25, 0.3) is 0 Å². The zero-order chi connectivity index (χ0) is 29.8.